The van der Waals surface area contributed by atoms with E-state index in [4.69, 9.17) is 0 Å². The Morgan fingerprint density at radius 2 is 1.89 bits per heavy atom. The first-order valence-corrected chi connectivity index (χ1v) is 11.1. The molecule has 1 aromatic carbocycles. The Bertz CT molecular complexity index is 753. The van der Waals surface area contributed by atoms with Gasteiger partial charge in [-0.25, -0.2) is 0 Å². The molecule has 1 atom stereocenters. The lowest BCUT2D eigenvalue weighted by Gasteiger charge is -2.34. The number of rotatable bonds is 5. The molecule has 1 amide bonds. The van der Waals surface area contributed by atoms with E-state index in [0.29, 0.717) is 0 Å². The first-order chi connectivity index (χ1) is 13.7. The maximum atomic E-state index is 12.7. The summed E-state index contributed by atoms with van der Waals surface area (Å²) in [4.78, 5) is 21.3. The molecule has 28 heavy (non-hydrogen) atoms. The molecular formula is C22H30N4OS. The summed E-state index contributed by atoms with van der Waals surface area (Å²) in [6.07, 6.45) is 2.20. The van der Waals surface area contributed by atoms with E-state index in [1.54, 1.807) is 11.3 Å². The van der Waals surface area contributed by atoms with E-state index < -0.39 is 0 Å². The highest BCUT2D eigenvalue weighted by Crippen LogP contribution is 2.19. The number of benzene rings is 1. The Hall–Kier alpha value is -1.89. The van der Waals surface area contributed by atoms with E-state index in [9.17, 15) is 4.79 Å². The van der Waals surface area contributed by atoms with Crippen LogP contribution in [0.25, 0.3) is 0 Å². The summed E-state index contributed by atoms with van der Waals surface area (Å²) >= 11 is 1.81. The number of nitrogens with one attached hydrogen (secondary N) is 1. The van der Waals surface area contributed by atoms with Crippen molar-refractivity contribution >= 4 is 22.9 Å². The maximum absolute atomic E-state index is 12.7. The molecule has 2 aromatic rings. The SMILES string of the molecule is CN1CCN(c2ccc(C(=O)NC3CCCN(Cc4cccs4)C3)cc2)CC1. The lowest BCUT2D eigenvalue weighted by Crippen LogP contribution is -2.47. The minimum absolute atomic E-state index is 0.0490. The van der Waals surface area contributed by atoms with Crippen LogP contribution in [0.5, 0.6) is 0 Å². The highest BCUT2D eigenvalue weighted by Gasteiger charge is 2.22. The zero-order chi connectivity index (χ0) is 19.3. The first-order valence-electron chi connectivity index (χ1n) is 10.3. The van der Waals surface area contributed by atoms with E-state index in [-0.39, 0.29) is 11.9 Å². The summed E-state index contributed by atoms with van der Waals surface area (Å²) < 4.78 is 0. The highest BCUT2D eigenvalue weighted by atomic mass is 32.1. The van der Waals surface area contributed by atoms with Crippen LogP contribution in [0, 0.1) is 0 Å². The average molecular weight is 399 g/mol. The van der Waals surface area contributed by atoms with Gasteiger partial charge in [-0.3, -0.25) is 9.69 Å². The molecule has 1 N–H and O–H groups in total. The number of anilines is 1. The minimum atomic E-state index is 0.0490. The van der Waals surface area contributed by atoms with Crippen LogP contribution in [0.1, 0.15) is 28.1 Å². The van der Waals surface area contributed by atoms with Gasteiger partial charge in [0.1, 0.15) is 0 Å². The molecule has 2 saturated heterocycles. The fourth-order valence-electron chi connectivity index (χ4n) is 4.10. The van der Waals surface area contributed by atoms with Crippen molar-refractivity contribution in [2.24, 2.45) is 0 Å². The van der Waals surface area contributed by atoms with Crippen LogP contribution >= 0.6 is 11.3 Å². The third-order valence-electron chi connectivity index (χ3n) is 5.80. The van der Waals surface area contributed by atoms with Crippen molar-refractivity contribution < 1.29 is 4.79 Å². The smallest absolute Gasteiger partial charge is 0.251 e. The molecule has 0 radical (unpaired) electrons. The number of nitrogens with zero attached hydrogens (tertiary/aromatic N) is 3. The highest BCUT2D eigenvalue weighted by molar-refractivity contribution is 7.09. The number of likely N-dealkylation sites (N-methyl/N-ethyl adjacent to an activating group) is 1. The van der Waals surface area contributed by atoms with Gasteiger partial charge in [0, 0.05) is 61.4 Å². The van der Waals surface area contributed by atoms with E-state index in [0.717, 1.165) is 64.2 Å². The maximum Gasteiger partial charge on any atom is 0.251 e. The number of piperidine rings is 1. The quantitative estimate of drug-likeness (QED) is 0.841. The summed E-state index contributed by atoms with van der Waals surface area (Å²) in [5.41, 5.74) is 1.97. The predicted molar refractivity (Wildman–Crippen MR) is 116 cm³/mol. The molecule has 0 bridgehead atoms. The van der Waals surface area contributed by atoms with Gasteiger partial charge in [0.15, 0.2) is 0 Å². The molecule has 3 heterocycles. The van der Waals surface area contributed by atoms with E-state index in [2.05, 4.69) is 56.7 Å². The van der Waals surface area contributed by atoms with Gasteiger partial charge < -0.3 is 15.1 Å². The molecular weight excluding hydrogens is 368 g/mol. The zero-order valence-corrected chi connectivity index (χ0v) is 17.5. The van der Waals surface area contributed by atoms with Crippen molar-refractivity contribution in [1.82, 2.24) is 15.1 Å². The van der Waals surface area contributed by atoms with Crippen molar-refractivity contribution in [2.45, 2.75) is 25.4 Å². The van der Waals surface area contributed by atoms with Gasteiger partial charge in [-0.05, 0) is 62.1 Å². The van der Waals surface area contributed by atoms with E-state index in [1.807, 2.05) is 12.1 Å². The molecule has 0 saturated carbocycles. The Labute approximate surface area is 171 Å². The molecule has 2 aliphatic rings. The summed E-state index contributed by atoms with van der Waals surface area (Å²) in [7, 11) is 2.16. The number of carbonyl (C=O) groups is 1. The van der Waals surface area contributed by atoms with Crippen LogP contribution in [0.15, 0.2) is 41.8 Å². The molecule has 4 rings (SSSR count). The van der Waals surface area contributed by atoms with Gasteiger partial charge in [-0.1, -0.05) is 6.07 Å². The Kier molecular flexibility index (Phi) is 6.29. The molecule has 2 fully saturated rings. The van der Waals surface area contributed by atoms with Crippen LogP contribution < -0.4 is 10.2 Å². The van der Waals surface area contributed by atoms with E-state index >= 15 is 0 Å². The van der Waals surface area contributed by atoms with Gasteiger partial charge in [0.25, 0.3) is 5.91 Å². The standard InChI is InChI=1S/C22H30N4OS/c1-24-11-13-26(14-12-24)20-8-6-18(7-9-20)22(27)23-19-4-2-10-25(16-19)17-21-5-3-15-28-21/h3,5-9,15,19H,2,4,10-14,16-17H2,1H3,(H,23,27). The predicted octanol–water partition coefficient (Wildman–Crippen LogP) is 2.89. The summed E-state index contributed by atoms with van der Waals surface area (Å²) in [5.74, 6) is 0.0490. The van der Waals surface area contributed by atoms with Crippen LogP contribution in [0.2, 0.25) is 0 Å². The molecule has 6 heteroatoms. The topological polar surface area (TPSA) is 38.8 Å². The number of hydrogen-bond acceptors (Lipinski definition) is 5. The lowest BCUT2D eigenvalue weighted by atomic mass is 10.0. The van der Waals surface area contributed by atoms with Crippen LogP contribution in [0.4, 0.5) is 5.69 Å². The molecule has 150 valence electrons. The van der Waals surface area contributed by atoms with Gasteiger partial charge in [-0.2, -0.15) is 0 Å². The van der Waals surface area contributed by atoms with Crippen molar-refractivity contribution in [1.29, 1.82) is 0 Å². The number of likely N-dealkylation sites (tertiary alicyclic amines) is 1. The number of thiophene rings is 1. The molecule has 5 nitrogen and oxygen atoms in total. The number of hydrogen-bond donors (Lipinski definition) is 1. The summed E-state index contributed by atoms with van der Waals surface area (Å²) in [5, 5.41) is 5.38. The minimum Gasteiger partial charge on any atom is -0.369 e. The van der Waals surface area contributed by atoms with Crippen LogP contribution in [-0.4, -0.2) is 68.1 Å². The third-order valence-corrected chi connectivity index (χ3v) is 6.66. The lowest BCUT2D eigenvalue weighted by molar-refractivity contribution is 0.0901. The number of piperazine rings is 1. The van der Waals surface area contributed by atoms with Crippen molar-refractivity contribution in [2.75, 3.05) is 51.2 Å². The first kappa shape index (κ1) is 19.4. The second kappa shape index (κ2) is 9.07. The Morgan fingerprint density at radius 3 is 2.61 bits per heavy atom. The fourth-order valence-corrected chi connectivity index (χ4v) is 4.84. The van der Waals surface area contributed by atoms with Crippen molar-refractivity contribution in [3.8, 4) is 0 Å². The van der Waals surface area contributed by atoms with Crippen molar-refractivity contribution in [3.63, 3.8) is 0 Å². The zero-order valence-electron chi connectivity index (χ0n) is 16.6. The molecule has 0 spiro atoms. The van der Waals surface area contributed by atoms with E-state index in [1.165, 1.54) is 10.6 Å². The summed E-state index contributed by atoms with van der Waals surface area (Å²) in [6.45, 7) is 7.31. The van der Waals surface area contributed by atoms with Gasteiger partial charge in [0.05, 0.1) is 0 Å². The monoisotopic (exact) mass is 398 g/mol. The Morgan fingerprint density at radius 1 is 1.11 bits per heavy atom. The average Bonchev–Trinajstić information content (AvgIpc) is 3.22. The molecule has 1 aromatic heterocycles. The Balaban J connectivity index is 1.30. The van der Waals surface area contributed by atoms with Gasteiger partial charge >= 0.3 is 0 Å². The molecule has 2 aliphatic heterocycles. The largest absolute Gasteiger partial charge is 0.369 e. The van der Waals surface area contributed by atoms with Crippen LogP contribution in [-0.2, 0) is 6.54 Å². The number of carbonyl (C=O) groups excluding carboxylic acids is 1. The second-order valence-electron chi connectivity index (χ2n) is 7.96. The molecule has 1 unspecified atom stereocenters. The summed E-state index contributed by atoms with van der Waals surface area (Å²) in [6, 6.07) is 12.6. The molecule has 0 aliphatic carbocycles. The van der Waals surface area contributed by atoms with Gasteiger partial charge in [0.2, 0.25) is 0 Å². The number of amides is 1. The van der Waals surface area contributed by atoms with Crippen molar-refractivity contribution in [3.05, 3.63) is 52.2 Å². The van der Waals surface area contributed by atoms with Gasteiger partial charge in [-0.15, -0.1) is 11.3 Å². The third kappa shape index (κ3) is 4.93. The normalized spacial score (nSPS) is 21.6. The fraction of sp³-hybridized carbons (Fsp3) is 0.500. The second-order valence-corrected chi connectivity index (χ2v) is 9.00. The van der Waals surface area contributed by atoms with Crippen LogP contribution in [0.3, 0.4) is 0 Å².